The second kappa shape index (κ2) is 10.7. The van der Waals surface area contributed by atoms with E-state index in [4.69, 9.17) is 14.7 Å². The Morgan fingerprint density at radius 3 is 2.75 bits per heavy atom. The summed E-state index contributed by atoms with van der Waals surface area (Å²) in [5, 5.41) is 12.7. The smallest absolute Gasteiger partial charge is 0.274 e. The van der Waals surface area contributed by atoms with Gasteiger partial charge in [0.05, 0.1) is 34.1 Å². The van der Waals surface area contributed by atoms with Crippen LogP contribution >= 0.6 is 22.6 Å². The molecule has 0 aliphatic rings. The Morgan fingerprint density at radius 2 is 2.06 bits per heavy atom. The number of amides is 1. The van der Waals surface area contributed by atoms with Crippen LogP contribution in [0.3, 0.4) is 0 Å². The minimum Gasteiger partial charge on any atom is -0.493 e. The lowest BCUT2D eigenvalue weighted by atomic mass is 10.1. The molecule has 3 aromatic carbocycles. The van der Waals surface area contributed by atoms with Crippen molar-refractivity contribution in [3.8, 4) is 17.6 Å². The molecule has 1 N–H and O–H groups in total. The lowest BCUT2D eigenvalue weighted by Crippen LogP contribution is -2.19. The van der Waals surface area contributed by atoms with Gasteiger partial charge in [-0.25, -0.2) is 9.82 Å². The number of carbonyl (C=O) groups excluding carboxylic acids is 1. The van der Waals surface area contributed by atoms with Crippen LogP contribution in [0.5, 0.6) is 11.5 Å². The van der Waals surface area contributed by atoms with E-state index in [0.29, 0.717) is 23.7 Å². The van der Waals surface area contributed by atoms with Gasteiger partial charge in [0.2, 0.25) is 0 Å². The van der Waals surface area contributed by atoms with Crippen molar-refractivity contribution in [2.24, 2.45) is 5.10 Å². The Labute approximate surface area is 198 Å². The van der Waals surface area contributed by atoms with Crippen LogP contribution in [0.2, 0.25) is 0 Å². The Kier molecular flexibility index (Phi) is 7.78. The highest BCUT2D eigenvalue weighted by Crippen LogP contribution is 2.34. The van der Waals surface area contributed by atoms with Crippen molar-refractivity contribution in [3.63, 3.8) is 0 Å². The Balaban J connectivity index is 1.70. The first-order valence-corrected chi connectivity index (χ1v) is 10.6. The van der Waals surface area contributed by atoms with E-state index in [1.165, 1.54) is 18.3 Å². The predicted octanol–water partition coefficient (Wildman–Crippen LogP) is 4.96. The van der Waals surface area contributed by atoms with E-state index < -0.39 is 11.7 Å². The van der Waals surface area contributed by atoms with E-state index in [1.54, 1.807) is 13.2 Å². The molecule has 0 aromatic heterocycles. The van der Waals surface area contributed by atoms with Crippen molar-refractivity contribution < 1.29 is 18.7 Å². The van der Waals surface area contributed by atoms with Crippen molar-refractivity contribution in [1.29, 1.82) is 5.26 Å². The zero-order valence-electron chi connectivity index (χ0n) is 17.4. The molecule has 32 heavy (non-hydrogen) atoms. The molecule has 0 saturated carbocycles. The number of aryl methyl sites for hydroxylation is 1. The molecule has 0 fully saturated rings. The zero-order valence-corrected chi connectivity index (χ0v) is 19.5. The third-order valence-electron chi connectivity index (χ3n) is 4.44. The number of nitrogens with zero attached hydrogens (tertiary/aromatic N) is 2. The number of benzene rings is 3. The average Bonchev–Trinajstić information content (AvgIpc) is 2.77. The second-order valence-corrected chi connectivity index (χ2v) is 7.98. The number of hydrazone groups is 1. The molecule has 8 heteroatoms. The number of nitriles is 1. The maximum atomic E-state index is 14.0. The zero-order chi connectivity index (χ0) is 23.1. The summed E-state index contributed by atoms with van der Waals surface area (Å²) in [5.41, 5.74) is 5.08. The predicted molar refractivity (Wildman–Crippen MR) is 127 cm³/mol. The molecule has 0 radical (unpaired) electrons. The second-order valence-electron chi connectivity index (χ2n) is 6.82. The van der Waals surface area contributed by atoms with E-state index >= 15 is 0 Å². The highest BCUT2D eigenvalue weighted by molar-refractivity contribution is 14.1. The van der Waals surface area contributed by atoms with E-state index in [0.717, 1.165) is 20.8 Å². The van der Waals surface area contributed by atoms with Crippen LogP contribution in [0.15, 0.2) is 59.7 Å². The van der Waals surface area contributed by atoms with Crippen LogP contribution in [-0.2, 0) is 6.61 Å². The van der Waals surface area contributed by atoms with E-state index in [-0.39, 0.29) is 11.1 Å². The molecule has 3 rings (SSSR count). The Bertz CT molecular complexity index is 1220. The van der Waals surface area contributed by atoms with Gasteiger partial charge in [-0.3, -0.25) is 4.79 Å². The topological polar surface area (TPSA) is 83.7 Å². The van der Waals surface area contributed by atoms with Crippen LogP contribution in [0.25, 0.3) is 0 Å². The summed E-state index contributed by atoms with van der Waals surface area (Å²) < 4.78 is 26.2. The number of carbonyl (C=O) groups is 1. The van der Waals surface area contributed by atoms with E-state index in [1.807, 2.05) is 37.3 Å². The molecule has 0 heterocycles. The first kappa shape index (κ1) is 23.2. The van der Waals surface area contributed by atoms with E-state index in [2.05, 4.69) is 39.2 Å². The molecule has 162 valence electrons. The summed E-state index contributed by atoms with van der Waals surface area (Å²) >= 11 is 2.14. The van der Waals surface area contributed by atoms with Gasteiger partial charge in [-0.1, -0.05) is 29.8 Å². The molecule has 0 bridgehead atoms. The first-order chi connectivity index (χ1) is 15.4. The standard InChI is InChI=1S/C24H19FIN3O3/c1-15-4-3-5-17(8-15)14-32-23-21(26)10-18(11-22(23)31-2)13-28-29-24(30)19-7-6-16(12-27)9-20(19)25/h3-11,13H,14H2,1-2H3,(H,29,30)/b28-13-. The lowest BCUT2D eigenvalue weighted by Gasteiger charge is -2.14. The molecule has 0 unspecified atom stereocenters. The summed E-state index contributed by atoms with van der Waals surface area (Å²) in [5.74, 6) is -0.378. The minimum absolute atomic E-state index is 0.133. The van der Waals surface area contributed by atoms with Gasteiger partial charge in [0.25, 0.3) is 5.91 Å². The molecule has 0 aliphatic heterocycles. The number of ether oxygens (including phenoxy) is 2. The average molecular weight is 543 g/mol. The van der Waals surface area contributed by atoms with Gasteiger partial charge >= 0.3 is 0 Å². The summed E-state index contributed by atoms with van der Waals surface area (Å²) in [6.45, 7) is 2.42. The van der Waals surface area contributed by atoms with Gasteiger partial charge in [0.15, 0.2) is 11.5 Å². The summed E-state index contributed by atoms with van der Waals surface area (Å²) in [6, 6.07) is 17.0. The largest absolute Gasteiger partial charge is 0.493 e. The fourth-order valence-electron chi connectivity index (χ4n) is 2.91. The van der Waals surface area contributed by atoms with Gasteiger partial charge < -0.3 is 9.47 Å². The maximum Gasteiger partial charge on any atom is 0.274 e. The number of hydrogen-bond donors (Lipinski definition) is 1. The third-order valence-corrected chi connectivity index (χ3v) is 5.24. The fourth-order valence-corrected chi connectivity index (χ4v) is 3.69. The highest BCUT2D eigenvalue weighted by Gasteiger charge is 2.13. The van der Waals surface area contributed by atoms with Crippen molar-refractivity contribution in [1.82, 2.24) is 5.43 Å². The van der Waals surface area contributed by atoms with Crippen LogP contribution < -0.4 is 14.9 Å². The van der Waals surface area contributed by atoms with E-state index in [9.17, 15) is 9.18 Å². The summed E-state index contributed by atoms with van der Waals surface area (Å²) in [6.07, 6.45) is 1.43. The fraction of sp³-hybridized carbons (Fsp3) is 0.125. The normalized spacial score (nSPS) is 10.6. The maximum absolute atomic E-state index is 14.0. The third kappa shape index (κ3) is 5.82. The van der Waals surface area contributed by atoms with Gasteiger partial charge in [0.1, 0.15) is 12.4 Å². The van der Waals surface area contributed by atoms with Crippen molar-refractivity contribution in [2.75, 3.05) is 7.11 Å². The molecule has 0 spiro atoms. The van der Waals surface area contributed by atoms with Crippen molar-refractivity contribution in [3.05, 3.63) is 91.8 Å². The minimum atomic E-state index is -0.789. The summed E-state index contributed by atoms with van der Waals surface area (Å²) in [4.78, 5) is 12.1. The molecule has 3 aromatic rings. The Morgan fingerprint density at radius 1 is 1.25 bits per heavy atom. The van der Waals surface area contributed by atoms with Gasteiger partial charge in [-0.05, 0) is 71.0 Å². The van der Waals surface area contributed by atoms with Crippen molar-refractivity contribution in [2.45, 2.75) is 13.5 Å². The lowest BCUT2D eigenvalue weighted by molar-refractivity contribution is 0.0951. The SMILES string of the molecule is COc1cc(/C=N\NC(=O)c2ccc(C#N)cc2F)cc(I)c1OCc1cccc(C)c1. The van der Waals surface area contributed by atoms with Crippen LogP contribution in [-0.4, -0.2) is 19.2 Å². The molecular formula is C24H19FIN3O3. The molecule has 1 amide bonds. The highest BCUT2D eigenvalue weighted by atomic mass is 127. The van der Waals surface area contributed by atoms with Gasteiger partial charge in [0, 0.05) is 0 Å². The molecule has 0 atom stereocenters. The molecule has 0 aliphatic carbocycles. The molecule has 0 saturated heterocycles. The first-order valence-electron chi connectivity index (χ1n) is 9.50. The monoisotopic (exact) mass is 543 g/mol. The molecular weight excluding hydrogens is 524 g/mol. The number of halogens is 2. The number of hydrogen-bond acceptors (Lipinski definition) is 5. The van der Waals surface area contributed by atoms with Crippen molar-refractivity contribution >= 4 is 34.7 Å². The number of nitrogens with one attached hydrogen (secondary N) is 1. The molecule has 6 nitrogen and oxygen atoms in total. The summed E-state index contributed by atoms with van der Waals surface area (Å²) in [7, 11) is 1.54. The van der Waals surface area contributed by atoms with Gasteiger partial charge in [-0.2, -0.15) is 10.4 Å². The quantitative estimate of drug-likeness (QED) is 0.260. The van der Waals surface area contributed by atoms with Crippen LogP contribution in [0.4, 0.5) is 4.39 Å². The van der Waals surface area contributed by atoms with Crippen LogP contribution in [0, 0.1) is 27.6 Å². The number of methoxy groups -OCH3 is 1. The Hall–Kier alpha value is -3.45. The van der Waals surface area contributed by atoms with Gasteiger partial charge in [-0.15, -0.1) is 0 Å². The van der Waals surface area contributed by atoms with Crippen LogP contribution in [0.1, 0.15) is 32.6 Å². The number of rotatable bonds is 7.